The number of carboxylic acid groups (broad SMARTS) is 1. The van der Waals surface area contributed by atoms with E-state index >= 15 is 0 Å². The van der Waals surface area contributed by atoms with Crippen molar-refractivity contribution in [3.8, 4) is 0 Å². The van der Waals surface area contributed by atoms with Crippen LogP contribution in [-0.2, 0) is 0 Å². The number of aromatic nitrogens is 3. The lowest BCUT2D eigenvalue weighted by atomic mass is 10.1. The fraction of sp³-hybridized carbons (Fsp3) is 0.348. The maximum Gasteiger partial charge on any atom is 0.417 e. The third-order valence-electron chi connectivity index (χ3n) is 5.24. The summed E-state index contributed by atoms with van der Waals surface area (Å²) in [5.41, 5.74) is 2.62. The number of nitrogens with one attached hydrogen (secondary N) is 2. The molecule has 0 unspecified atom stereocenters. The summed E-state index contributed by atoms with van der Waals surface area (Å²) < 4.78 is 1.45. The highest BCUT2D eigenvalue weighted by Gasteiger charge is 2.27. The van der Waals surface area contributed by atoms with Crippen LogP contribution in [0.1, 0.15) is 58.5 Å². The SMILES string of the molecule is CCCNC(=O)c1ccc(C)c(N(C(=O)O)c2ncnn3cc(C(=O)NCCC)c(C)c23)c1. The standard InChI is InChI=1S/C23H28N6O4/c1-5-9-24-21(30)16-8-7-14(3)18(11-16)29(23(32)33)20-19-15(4)17(22(31)25-10-6-2)12-28(19)27-13-26-20/h7-8,11-13H,5-6,9-10H2,1-4H3,(H,24,30)(H,25,31)(H,32,33). The summed E-state index contributed by atoms with van der Waals surface area (Å²) in [6, 6.07) is 4.87. The monoisotopic (exact) mass is 452 g/mol. The number of nitrogens with zero attached hydrogens (tertiary/aromatic N) is 4. The van der Waals surface area contributed by atoms with Gasteiger partial charge >= 0.3 is 6.09 Å². The molecule has 10 nitrogen and oxygen atoms in total. The number of anilines is 2. The van der Waals surface area contributed by atoms with Crippen LogP contribution in [0.25, 0.3) is 5.52 Å². The Balaban J connectivity index is 2.14. The molecule has 0 aliphatic rings. The number of amides is 3. The minimum absolute atomic E-state index is 0.0961. The summed E-state index contributed by atoms with van der Waals surface area (Å²) in [5.74, 6) is -0.456. The summed E-state index contributed by atoms with van der Waals surface area (Å²) in [6.07, 6.45) is 3.09. The Kier molecular flexibility index (Phi) is 7.27. The Bertz CT molecular complexity index is 1200. The normalized spacial score (nSPS) is 10.8. The molecule has 0 bridgehead atoms. The van der Waals surface area contributed by atoms with E-state index in [-0.39, 0.29) is 17.6 Å². The maximum absolute atomic E-state index is 12.6. The smallest absolute Gasteiger partial charge is 0.417 e. The van der Waals surface area contributed by atoms with Crippen molar-refractivity contribution in [3.63, 3.8) is 0 Å². The van der Waals surface area contributed by atoms with Gasteiger partial charge in [0.05, 0.1) is 11.3 Å². The van der Waals surface area contributed by atoms with Crippen molar-refractivity contribution in [2.45, 2.75) is 40.5 Å². The summed E-state index contributed by atoms with van der Waals surface area (Å²) >= 11 is 0. The van der Waals surface area contributed by atoms with Crippen LogP contribution in [0.3, 0.4) is 0 Å². The molecular weight excluding hydrogens is 424 g/mol. The van der Waals surface area contributed by atoms with Crippen molar-refractivity contribution in [2.75, 3.05) is 18.0 Å². The van der Waals surface area contributed by atoms with Gasteiger partial charge in [0.25, 0.3) is 11.8 Å². The first-order valence-corrected chi connectivity index (χ1v) is 10.8. The van der Waals surface area contributed by atoms with Crippen LogP contribution in [0, 0.1) is 13.8 Å². The molecule has 3 N–H and O–H groups in total. The number of rotatable bonds is 8. The Morgan fingerprint density at radius 3 is 2.36 bits per heavy atom. The first-order valence-electron chi connectivity index (χ1n) is 10.8. The largest absolute Gasteiger partial charge is 0.464 e. The second-order valence-electron chi connectivity index (χ2n) is 7.68. The van der Waals surface area contributed by atoms with E-state index < -0.39 is 6.09 Å². The van der Waals surface area contributed by atoms with Gasteiger partial charge in [-0.3, -0.25) is 9.59 Å². The number of hydrogen-bond donors (Lipinski definition) is 3. The number of fused-ring (bicyclic) bond motifs is 1. The molecule has 33 heavy (non-hydrogen) atoms. The summed E-state index contributed by atoms with van der Waals surface area (Å²) in [4.78, 5) is 42.8. The fourth-order valence-corrected chi connectivity index (χ4v) is 3.51. The number of hydrogen-bond acceptors (Lipinski definition) is 5. The summed E-state index contributed by atoms with van der Waals surface area (Å²) in [7, 11) is 0. The molecule has 10 heteroatoms. The van der Waals surface area contributed by atoms with Crippen LogP contribution in [0.15, 0.2) is 30.7 Å². The third kappa shape index (κ3) is 4.79. The zero-order valence-electron chi connectivity index (χ0n) is 19.2. The van der Waals surface area contributed by atoms with Crippen LogP contribution >= 0.6 is 0 Å². The lowest BCUT2D eigenvalue weighted by Gasteiger charge is -2.22. The first kappa shape index (κ1) is 23.7. The second-order valence-corrected chi connectivity index (χ2v) is 7.68. The van der Waals surface area contributed by atoms with Crippen molar-refractivity contribution in [3.05, 3.63) is 53.0 Å². The van der Waals surface area contributed by atoms with E-state index in [1.807, 2.05) is 13.8 Å². The molecule has 0 spiro atoms. The predicted molar refractivity (Wildman–Crippen MR) is 124 cm³/mol. The number of carbonyl (C=O) groups excluding carboxylic acids is 2. The quantitative estimate of drug-likeness (QED) is 0.480. The van der Waals surface area contributed by atoms with Gasteiger partial charge in [0.1, 0.15) is 11.8 Å². The van der Waals surface area contributed by atoms with Crippen LogP contribution in [-0.4, -0.2) is 50.7 Å². The van der Waals surface area contributed by atoms with Crippen LogP contribution in [0.4, 0.5) is 16.3 Å². The zero-order chi connectivity index (χ0) is 24.1. The number of benzene rings is 1. The Labute approximate surface area is 191 Å². The third-order valence-corrected chi connectivity index (χ3v) is 5.24. The molecule has 0 aliphatic heterocycles. The van der Waals surface area contributed by atoms with Gasteiger partial charge in [0.2, 0.25) is 0 Å². The van der Waals surface area contributed by atoms with E-state index in [0.717, 1.165) is 17.7 Å². The first-order chi connectivity index (χ1) is 15.8. The van der Waals surface area contributed by atoms with E-state index in [1.165, 1.54) is 16.9 Å². The summed E-state index contributed by atoms with van der Waals surface area (Å²) in [5, 5.41) is 19.9. The van der Waals surface area contributed by atoms with E-state index in [0.29, 0.717) is 46.5 Å². The lowest BCUT2D eigenvalue weighted by molar-refractivity contribution is 0.0945. The lowest BCUT2D eigenvalue weighted by Crippen LogP contribution is -2.28. The molecular formula is C23H28N6O4. The number of carbonyl (C=O) groups is 3. The highest BCUT2D eigenvalue weighted by molar-refractivity contribution is 6.04. The van der Waals surface area contributed by atoms with Gasteiger partial charge in [-0.15, -0.1) is 0 Å². The van der Waals surface area contributed by atoms with Crippen LogP contribution in [0.5, 0.6) is 0 Å². The van der Waals surface area contributed by atoms with Gasteiger partial charge in [-0.05, 0) is 49.9 Å². The molecule has 0 saturated heterocycles. The molecule has 3 rings (SSSR count). The predicted octanol–water partition coefficient (Wildman–Crippen LogP) is 3.44. The van der Waals surface area contributed by atoms with Gasteiger partial charge < -0.3 is 15.7 Å². The van der Waals surface area contributed by atoms with Gasteiger partial charge in [-0.2, -0.15) is 5.10 Å². The zero-order valence-corrected chi connectivity index (χ0v) is 19.2. The molecule has 174 valence electrons. The van der Waals surface area contributed by atoms with Crippen LogP contribution in [0.2, 0.25) is 0 Å². The highest BCUT2D eigenvalue weighted by Crippen LogP contribution is 2.33. The Hall–Kier alpha value is -3.95. The van der Waals surface area contributed by atoms with Crippen molar-refractivity contribution >= 4 is 34.9 Å². The maximum atomic E-state index is 12.6. The van der Waals surface area contributed by atoms with Crippen molar-refractivity contribution in [2.24, 2.45) is 0 Å². The van der Waals surface area contributed by atoms with Gasteiger partial charge in [-0.1, -0.05) is 19.9 Å². The Morgan fingerprint density at radius 1 is 1.06 bits per heavy atom. The average Bonchev–Trinajstić information content (AvgIpc) is 3.14. The molecule has 2 heterocycles. The second kappa shape index (κ2) is 10.1. The molecule has 3 amide bonds. The molecule has 0 radical (unpaired) electrons. The Morgan fingerprint density at radius 2 is 1.73 bits per heavy atom. The minimum atomic E-state index is -1.28. The van der Waals surface area contributed by atoms with Crippen molar-refractivity contribution in [1.29, 1.82) is 0 Å². The van der Waals surface area contributed by atoms with Crippen molar-refractivity contribution < 1.29 is 19.5 Å². The van der Waals surface area contributed by atoms with Gasteiger partial charge in [-0.25, -0.2) is 19.2 Å². The van der Waals surface area contributed by atoms with Gasteiger partial charge in [0.15, 0.2) is 5.82 Å². The molecule has 3 aromatic rings. The van der Waals surface area contributed by atoms with Crippen LogP contribution < -0.4 is 15.5 Å². The average molecular weight is 453 g/mol. The highest BCUT2D eigenvalue weighted by atomic mass is 16.4. The summed E-state index contributed by atoms with van der Waals surface area (Å²) in [6.45, 7) is 8.43. The van der Waals surface area contributed by atoms with E-state index in [4.69, 9.17) is 0 Å². The molecule has 0 fully saturated rings. The van der Waals surface area contributed by atoms with E-state index in [2.05, 4.69) is 20.7 Å². The number of aryl methyl sites for hydroxylation is 2. The van der Waals surface area contributed by atoms with E-state index in [9.17, 15) is 19.5 Å². The molecule has 0 saturated carbocycles. The molecule has 0 atom stereocenters. The molecule has 1 aromatic carbocycles. The minimum Gasteiger partial charge on any atom is -0.464 e. The molecule has 0 aliphatic carbocycles. The fourth-order valence-electron chi connectivity index (χ4n) is 3.51. The van der Waals surface area contributed by atoms with Crippen molar-refractivity contribution in [1.82, 2.24) is 25.2 Å². The molecule has 2 aromatic heterocycles. The topological polar surface area (TPSA) is 129 Å². The van der Waals surface area contributed by atoms with E-state index in [1.54, 1.807) is 32.2 Å². The van der Waals surface area contributed by atoms with Gasteiger partial charge in [0, 0.05) is 24.8 Å².